The van der Waals surface area contributed by atoms with E-state index in [1.165, 1.54) is 0 Å². The molecule has 1 aliphatic carbocycles. The number of nitrogens with one attached hydrogen (secondary N) is 2. The SMILES string of the molecule is CCCCCNC(=O)C(c1c(C)cccc1C)N(C(=O)C(CC(C)C)NC(=O)OC(C)(C)C)C1CC1C. The minimum absolute atomic E-state index is 0.0620. The molecule has 2 rings (SSSR count). The van der Waals surface area contributed by atoms with Crippen molar-refractivity contribution >= 4 is 17.9 Å². The molecule has 4 unspecified atom stereocenters. The van der Waals surface area contributed by atoms with Gasteiger partial charge in [0.1, 0.15) is 17.7 Å². The van der Waals surface area contributed by atoms with E-state index in [1.54, 1.807) is 25.7 Å². The summed E-state index contributed by atoms with van der Waals surface area (Å²) in [6, 6.07) is 4.34. The van der Waals surface area contributed by atoms with E-state index in [4.69, 9.17) is 4.74 Å². The zero-order chi connectivity index (χ0) is 27.9. The zero-order valence-electron chi connectivity index (χ0n) is 24.4. The van der Waals surface area contributed by atoms with Gasteiger partial charge in [0.25, 0.3) is 0 Å². The Balaban J connectivity index is 2.50. The van der Waals surface area contributed by atoms with Crippen LogP contribution in [0.4, 0.5) is 4.79 Å². The lowest BCUT2D eigenvalue weighted by molar-refractivity contribution is -0.143. The van der Waals surface area contributed by atoms with Crippen LogP contribution in [0.25, 0.3) is 0 Å². The summed E-state index contributed by atoms with van der Waals surface area (Å²) in [5.74, 6) is 0.0422. The number of hydrogen-bond acceptors (Lipinski definition) is 4. The molecule has 7 heteroatoms. The molecule has 1 aliphatic rings. The lowest BCUT2D eigenvalue weighted by Gasteiger charge is -2.36. The van der Waals surface area contributed by atoms with E-state index in [9.17, 15) is 14.4 Å². The van der Waals surface area contributed by atoms with Crippen LogP contribution >= 0.6 is 0 Å². The average Bonchev–Trinajstić information content (AvgIpc) is 3.49. The number of aryl methyl sites for hydroxylation is 2. The van der Waals surface area contributed by atoms with E-state index < -0.39 is 23.8 Å². The fourth-order valence-corrected chi connectivity index (χ4v) is 4.83. The predicted octanol–water partition coefficient (Wildman–Crippen LogP) is 5.83. The fraction of sp³-hybridized carbons (Fsp3) is 0.700. The summed E-state index contributed by atoms with van der Waals surface area (Å²) >= 11 is 0. The first-order chi connectivity index (χ1) is 17.3. The van der Waals surface area contributed by atoms with E-state index >= 15 is 0 Å². The van der Waals surface area contributed by atoms with Gasteiger partial charge in [-0.25, -0.2) is 4.79 Å². The molecule has 2 N–H and O–H groups in total. The van der Waals surface area contributed by atoms with Crippen LogP contribution in [-0.2, 0) is 14.3 Å². The summed E-state index contributed by atoms with van der Waals surface area (Å²) in [6.45, 7) is 18.2. The third-order valence-corrected chi connectivity index (χ3v) is 6.80. The summed E-state index contributed by atoms with van der Waals surface area (Å²) in [7, 11) is 0. The number of rotatable bonds is 12. The van der Waals surface area contributed by atoms with Crippen molar-refractivity contribution in [2.24, 2.45) is 11.8 Å². The molecular weight excluding hydrogens is 466 g/mol. The van der Waals surface area contributed by atoms with Gasteiger partial charge < -0.3 is 20.3 Å². The van der Waals surface area contributed by atoms with Gasteiger partial charge in [0.05, 0.1) is 0 Å². The van der Waals surface area contributed by atoms with Crippen LogP contribution < -0.4 is 10.6 Å². The third-order valence-electron chi connectivity index (χ3n) is 6.80. The molecule has 0 heterocycles. The maximum atomic E-state index is 14.3. The molecule has 0 radical (unpaired) electrons. The van der Waals surface area contributed by atoms with Gasteiger partial charge >= 0.3 is 6.09 Å². The second kappa shape index (κ2) is 13.3. The maximum absolute atomic E-state index is 14.3. The van der Waals surface area contributed by atoms with Gasteiger partial charge in [-0.3, -0.25) is 9.59 Å². The van der Waals surface area contributed by atoms with Crippen molar-refractivity contribution in [1.82, 2.24) is 15.5 Å². The van der Waals surface area contributed by atoms with E-state index in [0.29, 0.717) is 13.0 Å². The van der Waals surface area contributed by atoms with Gasteiger partial charge in [0.2, 0.25) is 11.8 Å². The van der Waals surface area contributed by atoms with Crippen LogP contribution in [0.15, 0.2) is 18.2 Å². The maximum Gasteiger partial charge on any atom is 0.408 e. The molecule has 0 spiro atoms. The Morgan fingerprint density at radius 2 is 1.70 bits per heavy atom. The predicted molar refractivity (Wildman–Crippen MR) is 148 cm³/mol. The molecule has 3 amide bonds. The van der Waals surface area contributed by atoms with Gasteiger partial charge in [0.15, 0.2) is 0 Å². The van der Waals surface area contributed by atoms with Crippen LogP contribution in [0.1, 0.15) is 103 Å². The summed E-state index contributed by atoms with van der Waals surface area (Å²) in [4.78, 5) is 42.6. The molecule has 1 aromatic rings. The number of carbonyl (C=O) groups is 3. The topological polar surface area (TPSA) is 87.7 Å². The van der Waals surface area contributed by atoms with Crippen LogP contribution in [0.3, 0.4) is 0 Å². The molecular formula is C30H49N3O4. The lowest BCUT2D eigenvalue weighted by Crippen LogP contribution is -2.54. The number of hydrogen-bond donors (Lipinski definition) is 2. The van der Waals surface area contributed by atoms with E-state index in [-0.39, 0.29) is 29.7 Å². The number of alkyl carbamates (subject to hydrolysis) is 1. The summed E-state index contributed by atoms with van der Waals surface area (Å²) in [6.07, 6.45) is 3.65. The molecule has 37 heavy (non-hydrogen) atoms. The van der Waals surface area contributed by atoms with Crippen LogP contribution in [0.2, 0.25) is 0 Å². The van der Waals surface area contributed by atoms with Crippen molar-refractivity contribution in [3.63, 3.8) is 0 Å². The molecule has 1 fully saturated rings. The monoisotopic (exact) mass is 515 g/mol. The first kappa shape index (κ1) is 30.7. The van der Waals surface area contributed by atoms with Crippen molar-refractivity contribution in [3.8, 4) is 0 Å². The van der Waals surface area contributed by atoms with Crippen molar-refractivity contribution in [3.05, 3.63) is 34.9 Å². The largest absolute Gasteiger partial charge is 0.444 e. The number of carbonyl (C=O) groups excluding carboxylic acids is 3. The fourth-order valence-electron chi connectivity index (χ4n) is 4.83. The van der Waals surface area contributed by atoms with Gasteiger partial charge in [-0.2, -0.15) is 0 Å². The highest BCUT2D eigenvalue weighted by Crippen LogP contribution is 2.42. The van der Waals surface area contributed by atoms with Crippen molar-refractivity contribution < 1.29 is 19.1 Å². The van der Waals surface area contributed by atoms with Gasteiger partial charge in [-0.05, 0) is 82.4 Å². The molecule has 1 aromatic carbocycles. The van der Waals surface area contributed by atoms with Crippen LogP contribution in [0, 0.1) is 25.7 Å². The highest BCUT2D eigenvalue weighted by Gasteiger charge is 2.48. The number of amides is 3. The van der Waals surface area contributed by atoms with Crippen molar-refractivity contribution in [2.45, 2.75) is 118 Å². The Hall–Kier alpha value is -2.57. The quantitative estimate of drug-likeness (QED) is 0.343. The number of benzene rings is 1. The highest BCUT2D eigenvalue weighted by atomic mass is 16.6. The Kier molecular flexibility index (Phi) is 11.0. The molecule has 7 nitrogen and oxygen atoms in total. The molecule has 208 valence electrons. The number of ether oxygens (including phenoxy) is 1. The standard InChI is InChI=1S/C30H49N3O4/c1-10-11-12-16-31-27(34)26(25-20(4)14-13-15-21(25)5)33(24-18-22(24)6)28(35)23(17-19(2)3)32-29(36)37-30(7,8)9/h13-15,19,22-24,26H,10-12,16-18H2,1-9H3,(H,31,34)(H,32,36). The highest BCUT2D eigenvalue weighted by molar-refractivity contribution is 5.93. The van der Waals surface area contributed by atoms with Gasteiger partial charge in [-0.15, -0.1) is 0 Å². The second-order valence-electron chi connectivity index (χ2n) is 12.1. The van der Waals surface area contributed by atoms with Gasteiger partial charge in [-0.1, -0.05) is 58.7 Å². The number of unbranched alkanes of at least 4 members (excludes halogenated alkanes) is 2. The van der Waals surface area contributed by atoms with Crippen LogP contribution in [-0.4, -0.2) is 47.0 Å². The molecule has 0 aliphatic heterocycles. The molecule has 0 aromatic heterocycles. The summed E-state index contributed by atoms with van der Waals surface area (Å²) in [5, 5.41) is 5.94. The van der Waals surface area contributed by atoms with E-state index in [2.05, 4.69) is 24.5 Å². The first-order valence-electron chi connectivity index (χ1n) is 13.9. The van der Waals surface area contributed by atoms with Gasteiger partial charge in [0, 0.05) is 12.6 Å². The summed E-state index contributed by atoms with van der Waals surface area (Å²) in [5.41, 5.74) is 2.13. The molecule has 1 saturated carbocycles. The Labute approximate surface area is 224 Å². The Morgan fingerprint density at radius 1 is 1.11 bits per heavy atom. The number of nitrogens with zero attached hydrogens (tertiary/aromatic N) is 1. The smallest absolute Gasteiger partial charge is 0.408 e. The van der Waals surface area contributed by atoms with Crippen molar-refractivity contribution in [1.29, 1.82) is 0 Å². The minimum Gasteiger partial charge on any atom is -0.444 e. The summed E-state index contributed by atoms with van der Waals surface area (Å²) < 4.78 is 5.48. The van der Waals surface area contributed by atoms with E-state index in [1.807, 2.05) is 45.9 Å². The molecule has 0 bridgehead atoms. The van der Waals surface area contributed by atoms with E-state index in [0.717, 1.165) is 42.4 Å². The molecule has 0 saturated heterocycles. The lowest BCUT2D eigenvalue weighted by atomic mass is 9.92. The minimum atomic E-state index is -0.789. The second-order valence-corrected chi connectivity index (χ2v) is 12.1. The third kappa shape index (κ3) is 9.04. The van der Waals surface area contributed by atoms with Crippen LogP contribution in [0.5, 0.6) is 0 Å². The Morgan fingerprint density at radius 3 is 2.19 bits per heavy atom. The molecule has 4 atom stereocenters. The average molecular weight is 516 g/mol. The van der Waals surface area contributed by atoms with Crippen molar-refractivity contribution in [2.75, 3.05) is 6.54 Å². The zero-order valence-corrected chi connectivity index (χ0v) is 24.4. The first-order valence-corrected chi connectivity index (χ1v) is 13.9. The Bertz CT molecular complexity index is 917. The normalized spacial score (nSPS) is 18.6.